The first-order valence-electron chi connectivity index (χ1n) is 17.5. The Morgan fingerprint density at radius 1 is 0.978 bits per heavy atom. The minimum absolute atomic E-state index is 0.0200. The van der Waals surface area contributed by atoms with Gasteiger partial charge in [0.25, 0.3) is 0 Å². The summed E-state index contributed by atoms with van der Waals surface area (Å²) in [5.74, 6) is 0.0214. The number of Topliss-reactive ketones (excluding diaryl/α,β-unsaturated/α-hetero) is 1. The number of ketones is 1. The molecular weight excluding hydrogens is 593 g/mol. The SMILES string of the molecule is CCCCCC(O[Si](C)(C)CC(C)(C)C)c1ccc([C@H]2[C@H](O[Si](C)(C)C(C)(C)C)CC(=O)[C@@H]2C/C=C\CCCC(=O)OC)cc1. The van der Waals surface area contributed by atoms with E-state index in [1.54, 1.807) is 0 Å². The summed E-state index contributed by atoms with van der Waals surface area (Å²) in [6, 6.07) is 10.2. The highest BCUT2D eigenvalue weighted by molar-refractivity contribution is 6.74. The monoisotopic (exact) mass is 658 g/mol. The quantitative estimate of drug-likeness (QED) is 0.0721. The van der Waals surface area contributed by atoms with Crippen molar-refractivity contribution in [3.8, 4) is 0 Å². The number of benzene rings is 1. The average molecular weight is 659 g/mol. The number of carbonyl (C=O) groups is 2. The maximum Gasteiger partial charge on any atom is 0.305 e. The molecule has 1 unspecified atom stereocenters. The second kappa shape index (κ2) is 17.0. The molecule has 0 saturated heterocycles. The van der Waals surface area contributed by atoms with E-state index >= 15 is 0 Å². The van der Waals surface area contributed by atoms with Crippen LogP contribution in [0.1, 0.15) is 129 Å². The highest BCUT2D eigenvalue weighted by Crippen LogP contribution is 2.46. The summed E-state index contributed by atoms with van der Waals surface area (Å²) in [6.07, 6.45) is 12.0. The van der Waals surface area contributed by atoms with Crippen LogP contribution >= 0.6 is 0 Å². The van der Waals surface area contributed by atoms with E-state index in [0.29, 0.717) is 25.0 Å². The van der Waals surface area contributed by atoms with Crippen molar-refractivity contribution in [1.29, 1.82) is 0 Å². The van der Waals surface area contributed by atoms with Crippen LogP contribution in [0.25, 0.3) is 0 Å². The van der Waals surface area contributed by atoms with Crippen LogP contribution < -0.4 is 0 Å². The van der Waals surface area contributed by atoms with Gasteiger partial charge in [0.15, 0.2) is 16.6 Å². The van der Waals surface area contributed by atoms with Crippen LogP contribution in [0.15, 0.2) is 36.4 Å². The molecule has 0 heterocycles. The number of hydrogen-bond acceptors (Lipinski definition) is 5. The molecule has 1 saturated carbocycles. The van der Waals surface area contributed by atoms with Crippen molar-refractivity contribution in [3.05, 3.63) is 47.5 Å². The van der Waals surface area contributed by atoms with E-state index in [1.807, 2.05) is 0 Å². The Bertz CT molecular complexity index is 1090. The molecule has 256 valence electrons. The number of rotatable bonds is 17. The van der Waals surface area contributed by atoms with Crippen molar-refractivity contribution in [2.45, 2.75) is 162 Å². The lowest BCUT2D eigenvalue weighted by Gasteiger charge is -2.40. The highest BCUT2D eigenvalue weighted by atomic mass is 28.4. The van der Waals surface area contributed by atoms with Gasteiger partial charge in [-0.05, 0) is 79.5 Å². The van der Waals surface area contributed by atoms with Gasteiger partial charge in [-0.3, -0.25) is 9.59 Å². The normalized spacial score (nSPS) is 20.6. The molecule has 0 spiro atoms. The van der Waals surface area contributed by atoms with Gasteiger partial charge >= 0.3 is 5.97 Å². The Hall–Kier alpha value is -1.55. The van der Waals surface area contributed by atoms with Crippen molar-refractivity contribution in [3.63, 3.8) is 0 Å². The van der Waals surface area contributed by atoms with E-state index in [-0.39, 0.29) is 40.5 Å². The highest BCUT2D eigenvalue weighted by Gasteiger charge is 2.48. The summed E-state index contributed by atoms with van der Waals surface area (Å²) >= 11 is 0. The molecule has 4 atom stereocenters. The Balaban J connectivity index is 2.36. The largest absolute Gasteiger partial charge is 0.469 e. The molecule has 1 fully saturated rings. The first-order valence-corrected chi connectivity index (χ1v) is 23.5. The second-order valence-electron chi connectivity index (χ2n) is 16.7. The molecule has 5 nitrogen and oxygen atoms in total. The summed E-state index contributed by atoms with van der Waals surface area (Å²) < 4.78 is 18.8. The van der Waals surface area contributed by atoms with Gasteiger partial charge in [0, 0.05) is 24.7 Å². The van der Waals surface area contributed by atoms with E-state index in [4.69, 9.17) is 13.6 Å². The van der Waals surface area contributed by atoms with Crippen LogP contribution in [0.4, 0.5) is 0 Å². The van der Waals surface area contributed by atoms with E-state index in [1.165, 1.54) is 31.1 Å². The van der Waals surface area contributed by atoms with E-state index in [2.05, 4.69) is 111 Å². The van der Waals surface area contributed by atoms with Crippen LogP contribution in [-0.4, -0.2) is 41.6 Å². The zero-order valence-corrected chi connectivity index (χ0v) is 32.9. The molecule has 1 aliphatic rings. The lowest BCUT2D eigenvalue weighted by Crippen LogP contribution is -2.44. The summed E-state index contributed by atoms with van der Waals surface area (Å²) in [5.41, 5.74) is 2.68. The van der Waals surface area contributed by atoms with Gasteiger partial charge in [0.2, 0.25) is 0 Å². The number of hydrogen-bond donors (Lipinski definition) is 0. The van der Waals surface area contributed by atoms with Gasteiger partial charge in [-0.2, -0.15) is 0 Å². The Kier molecular flexibility index (Phi) is 15.0. The smallest absolute Gasteiger partial charge is 0.305 e. The average Bonchev–Trinajstić information content (AvgIpc) is 3.21. The summed E-state index contributed by atoms with van der Waals surface area (Å²) in [4.78, 5) is 25.0. The van der Waals surface area contributed by atoms with Gasteiger partial charge < -0.3 is 13.6 Å². The summed E-state index contributed by atoms with van der Waals surface area (Å²) in [6.45, 7) is 25.3. The van der Waals surface area contributed by atoms with Gasteiger partial charge in [-0.15, -0.1) is 0 Å². The third kappa shape index (κ3) is 12.9. The Morgan fingerprint density at radius 2 is 1.62 bits per heavy atom. The molecule has 0 radical (unpaired) electrons. The fourth-order valence-electron chi connectivity index (χ4n) is 6.67. The van der Waals surface area contributed by atoms with Crippen LogP contribution in [0.5, 0.6) is 0 Å². The molecule has 1 aliphatic carbocycles. The number of ether oxygens (including phenoxy) is 1. The van der Waals surface area contributed by atoms with Crippen molar-refractivity contribution in [1.82, 2.24) is 0 Å². The number of unbranched alkanes of at least 4 members (excludes halogenated alkanes) is 3. The molecule has 7 heteroatoms. The number of esters is 1. The molecule has 0 aliphatic heterocycles. The van der Waals surface area contributed by atoms with Gasteiger partial charge in [0.05, 0.1) is 19.3 Å². The maximum atomic E-state index is 13.6. The second-order valence-corrected chi connectivity index (χ2v) is 25.5. The third-order valence-electron chi connectivity index (χ3n) is 9.62. The molecule has 0 aromatic heterocycles. The first-order chi connectivity index (χ1) is 20.8. The lowest BCUT2D eigenvalue weighted by molar-refractivity contribution is -0.140. The topological polar surface area (TPSA) is 61.8 Å². The summed E-state index contributed by atoms with van der Waals surface area (Å²) in [7, 11) is -2.55. The van der Waals surface area contributed by atoms with Gasteiger partial charge in [-0.25, -0.2) is 0 Å². The summed E-state index contributed by atoms with van der Waals surface area (Å²) in [5, 5.41) is 0.0644. The number of allylic oxidation sites excluding steroid dienone is 2. The lowest BCUT2D eigenvalue weighted by atomic mass is 9.84. The van der Waals surface area contributed by atoms with Crippen molar-refractivity contribution >= 4 is 28.4 Å². The van der Waals surface area contributed by atoms with Gasteiger partial charge in [-0.1, -0.05) is 104 Å². The zero-order valence-electron chi connectivity index (χ0n) is 30.9. The fourth-order valence-corrected chi connectivity index (χ4v) is 11.7. The van der Waals surface area contributed by atoms with Crippen LogP contribution in [0, 0.1) is 11.3 Å². The standard InChI is InChI=1S/C38H66O5Si2/c1-13-14-17-21-33(42-44(9,10)28-37(2,3)4)29-23-25-30(26-24-29)36-31(20-18-15-16-19-22-35(40)41-8)32(39)27-34(36)43-45(11,12)38(5,6)7/h15,18,23-26,31,33-34,36H,13-14,16-17,19-22,27-28H2,1-12H3/b18-15-/t31-,33?,34+,36+/m0/s1. The van der Waals surface area contributed by atoms with Crippen molar-refractivity contribution in [2.75, 3.05) is 7.11 Å². The Morgan fingerprint density at radius 3 is 2.18 bits per heavy atom. The number of methoxy groups -OCH3 is 1. The van der Waals surface area contributed by atoms with E-state index in [0.717, 1.165) is 31.7 Å². The van der Waals surface area contributed by atoms with E-state index in [9.17, 15) is 9.59 Å². The molecule has 0 N–H and O–H groups in total. The molecule has 1 aromatic rings. The third-order valence-corrected chi connectivity index (χ3v) is 17.0. The fraction of sp³-hybridized carbons (Fsp3) is 0.737. The molecule has 45 heavy (non-hydrogen) atoms. The minimum Gasteiger partial charge on any atom is -0.469 e. The van der Waals surface area contributed by atoms with Crippen LogP contribution in [0.3, 0.4) is 0 Å². The molecular formula is C38H66O5Si2. The van der Waals surface area contributed by atoms with E-state index < -0.39 is 16.6 Å². The minimum atomic E-state index is -2.09. The van der Waals surface area contributed by atoms with Crippen molar-refractivity contribution in [2.24, 2.45) is 11.3 Å². The Labute approximate surface area is 278 Å². The number of carbonyl (C=O) groups excluding carboxylic acids is 2. The zero-order chi connectivity index (χ0) is 34.1. The van der Waals surface area contributed by atoms with Crippen molar-refractivity contribution < 1.29 is 23.2 Å². The predicted octanol–water partition coefficient (Wildman–Crippen LogP) is 10.9. The molecule has 2 rings (SSSR count). The maximum absolute atomic E-state index is 13.6. The van der Waals surface area contributed by atoms with Crippen LogP contribution in [-0.2, 0) is 23.2 Å². The van der Waals surface area contributed by atoms with Gasteiger partial charge in [0.1, 0.15) is 5.78 Å². The first kappa shape index (κ1) is 39.6. The predicted molar refractivity (Wildman–Crippen MR) is 194 cm³/mol. The molecule has 0 bridgehead atoms. The molecule has 0 amide bonds. The molecule has 1 aromatic carbocycles. The van der Waals surface area contributed by atoms with Crippen LogP contribution in [0.2, 0.25) is 37.3 Å².